The Labute approximate surface area is 361 Å². The molecule has 0 aromatic heterocycles. The molecular formula is C44H68O18. The summed E-state index contributed by atoms with van der Waals surface area (Å²) in [5, 5.41) is 109. The molecule has 26 atom stereocenters. The molecule has 0 aromatic carbocycles. The monoisotopic (exact) mass is 884 g/mol. The second-order valence-electron chi connectivity index (χ2n) is 20.4. The van der Waals surface area contributed by atoms with Gasteiger partial charge in [0, 0.05) is 24.2 Å². The summed E-state index contributed by atoms with van der Waals surface area (Å²) < 4.78 is 50.3. The number of ether oxygens (including phenoxy) is 8. The Morgan fingerprint density at radius 2 is 1.52 bits per heavy atom. The molecule has 3 saturated carbocycles. The summed E-state index contributed by atoms with van der Waals surface area (Å²) in [7, 11) is 0. The van der Waals surface area contributed by atoms with Crippen LogP contribution < -0.4 is 0 Å². The molecule has 0 bridgehead atoms. The zero-order valence-corrected chi connectivity index (χ0v) is 35.9. The molecular weight excluding hydrogens is 816 g/mol. The number of aliphatic hydroxyl groups excluding tert-OH is 10. The van der Waals surface area contributed by atoms with Crippen LogP contribution in [0.1, 0.15) is 72.6 Å². The van der Waals surface area contributed by atoms with Gasteiger partial charge in [0.2, 0.25) is 0 Å². The lowest BCUT2D eigenvalue weighted by Gasteiger charge is -2.61. The maximum atomic E-state index is 11.7. The molecule has 5 heterocycles. The van der Waals surface area contributed by atoms with Crippen molar-refractivity contribution in [1.82, 2.24) is 0 Å². The molecule has 18 heteroatoms. The summed E-state index contributed by atoms with van der Waals surface area (Å²) in [4.78, 5) is 0. The Bertz CT molecular complexity index is 1680. The van der Waals surface area contributed by atoms with Gasteiger partial charge in [0.15, 0.2) is 24.7 Å². The van der Waals surface area contributed by atoms with Crippen LogP contribution in [-0.2, 0) is 37.9 Å². The zero-order chi connectivity index (χ0) is 44.4. The lowest BCUT2D eigenvalue weighted by Crippen LogP contribution is -2.67. The first-order valence-electron chi connectivity index (χ1n) is 22.6. The average Bonchev–Trinajstić information content (AvgIpc) is 3.69. The van der Waals surface area contributed by atoms with Crippen LogP contribution in [0.2, 0.25) is 0 Å². The van der Waals surface area contributed by atoms with E-state index in [4.69, 9.17) is 37.9 Å². The number of allylic oxidation sites excluding steroid dienone is 1. The van der Waals surface area contributed by atoms with Gasteiger partial charge in [-0.1, -0.05) is 39.0 Å². The Kier molecular flexibility index (Phi) is 12.5. The van der Waals surface area contributed by atoms with Crippen molar-refractivity contribution in [2.24, 2.45) is 40.4 Å². The second kappa shape index (κ2) is 16.8. The minimum atomic E-state index is -1.79. The van der Waals surface area contributed by atoms with Crippen molar-refractivity contribution in [3.05, 3.63) is 23.8 Å². The highest BCUT2D eigenvalue weighted by Gasteiger charge is 2.71. The molecule has 0 aromatic rings. The summed E-state index contributed by atoms with van der Waals surface area (Å²) in [6.45, 7) is 11.4. The smallest absolute Gasteiger partial charge is 0.198 e. The van der Waals surface area contributed by atoms with Gasteiger partial charge < -0.3 is 89.0 Å². The molecule has 5 saturated heterocycles. The number of aliphatic hydroxyl groups is 10. The van der Waals surface area contributed by atoms with Crippen LogP contribution in [-0.4, -0.2) is 187 Å². The molecule has 9 rings (SSSR count). The minimum Gasteiger partial charge on any atom is -0.394 e. The number of hydrogen-bond donors (Lipinski definition) is 10. The Hall–Kier alpha value is -1.24. The highest BCUT2D eigenvalue weighted by molar-refractivity contribution is 5.29. The van der Waals surface area contributed by atoms with Gasteiger partial charge in [-0.15, -0.1) is 0 Å². The van der Waals surface area contributed by atoms with Gasteiger partial charge in [-0.3, -0.25) is 0 Å². The van der Waals surface area contributed by atoms with Gasteiger partial charge in [0.05, 0.1) is 44.2 Å². The maximum Gasteiger partial charge on any atom is 0.198 e. The molecule has 62 heavy (non-hydrogen) atoms. The second-order valence-corrected chi connectivity index (χ2v) is 20.4. The standard InChI is InChI=1S/C44H68O18/c1-17-10-28(48)44(56-15-17)18(2)30-26(62-44)13-24-22-7-6-20-11-21(46)12-29(43(20,5)23(22)8-9-42(24,30)4)59-41-38(61-40-36(54)34(52)31(49)19(3)57-40)37(33(51)27(14-45)58-41)60-39-35(53)32(50)25(47)16-55-39/h6,18-19,21-41,45-54H,1,7-16H2,2-5H3/t18-,19-,21+,22+,23-,24-,25+,26-,27+,28-,29+,30-,31-,32-,33-,34+,35+,36+,37-,38+,39-,40-,41-,42-,43-,44-/m0/s1. The van der Waals surface area contributed by atoms with E-state index >= 15 is 0 Å². The van der Waals surface area contributed by atoms with E-state index in [1.165, 1.54) is 6.92 Å². The summed E-state index contributed by atoms with van der Waals surface area (Å²) in [6, 6.07) is 0. The highest BCUT2D eigenvalue weighted by atomic mass is 16.8. The predicted octanol–water partition coefficient (Wildman–Crippen LogP) is -1.29. The van der Waals surface area contributed by atoms with Crippen molar-refractivity contribution < 1.29 is 89.0 Å². The van der Waals surface area contributed by atoms with Crippen molar-refractivity contribution in [3.63, 3.8) is 0 Å². The van der Waals surface area contributed by atoms with Crippen LogP contribution in [0.5, 0.6) is 0 Å². The molecule has 9 aliphatic rings. The molecule has 352 valence electrons. The van der Waals surface area contributed by atoms with Crippen molar-refractivity contribution in [2.45, 2.75) is 189 Å². The van der Waals surface area contributed by atoms with Crippen LogP contribution >= 0.6 is 0 Å². The number of rotatable bonds is 7. The van der Waals surface area contributed by atoms with E-state index in [-0.39, 0.29) is 47.5 Å². The molecule has 5 aliphatic heterocycles. The molecule has 0 amide bonds. The summed E-state index contributed by atoms with van der Waals surface area (Å²) in [5.41, 5.74) is 1.15. The zero-order valence-electron chi connectivity index (χ0n) is 35.9. The van der Waals surface area contributed by atoms with E-state index < -0.39 is 129 Å². The average molecular weight is 885 g/mol. The van der Waals surface area contributed by atoms with Crippen LogP contribution in [0, 0.1) is 40.4 Å². The quantitative estimate of drug-likeness (QED) is 0.133. The van der Waals surface area contributed by atoms with Gasteiger partial charge in [-0.25, -0.2) is 0 Å². The number of hydrogen-bond acceptors (Lipinski definition) is 18. The van der Waals surface area contributed by atoms with Crippen molar-refractivity contribution in [1.29, 1.82) is 0 Å². The molecule has 18 nitrogen and oxygen atoms in total. The van der Waals surface area contributed by atoms with Gasteiger partial charge in [-0.2, -0.15) is 0 Å². The highest BCUT2D eigenvalue weighted by Crippen LogP contribution is 2.71. The SMILES string of the molecule is C=C1CO[C@@]2(O[C@H]3C[C@H]4[C@@H]5CC=C6C[C@@H](O)C[C@@H](O[C@@H]7O[C@H](CO)[C@H](O)[C@H](O[C@@H]8OC[C@@H](O)[C@H](O)[C@H]8O)[C@H]7O[C@@H]7O[C@@H](C)[C@H](O)[C@@H](O)[C@H]7O)[C@]6(C)[C@H]5CC[C@]4(C)[C@H]3[C@@H]2C)[C@@H](O)C1. The van der Waals surface area contributed by atoms with Crippen molar-refractivity contribution in [2.75, 3.05) is 19.8 Å². The number of fused-ring (bicyclic) bond motifs is 7. The van der Waals surface area contributed by atoms with E-state index in [0.717, 1.165) is 36.8 Å². The fourth-order valence-electron chi connectivity index (χ4n) is 13.8. The third-order valence-electron chi connectivity index (χ3n) is 17.1. The Morgan fingerprint density at radius 3 is 2.24 bits per heavy atom. The normalized spacial score (nSPS) is 57.7. The Balaban J connectivity index is 1.02. The first-order valence-corrected chi connectivity index (χ1v) is 22.6. The lowest BCUT2D eigenvalue weighted by molar-refractivity contribution is -0.393. The van der Waals surface area contributed by atoms with E-state index in [0.29, 0.717) is 19.4 Å². The molecule has 0 unspecified atom stereocenters. The molecule has 4 aliphatic carbocycles. The third kappa shape index (κ3) is 7.13. The van der Waals surface area contributed by atoms with Gasteiger partial charge in [-0.05, 0) is 73.7 Å². The van der Waals surface area contributed by atoms with Gasteiger partial charge in [0.25, 0.3) is 0 Å². The van der Waals surface area contributed by atoms with Crippen LogP contribution in [0.3, 0.4) is 0 Å². The summed E-state index contributed by atoms with van der Waals surface area (Å²) >= 11 is 0. The molecule has 10 N–H and O–H groups in total. The fraction of sp³-hybridized carbons (Fsp3) is 0.909. The minimum absolute atomic E-state index is 0.0498. The van der Waals surface area contributed by atoms with Crippen molar-refractivity contribution >= 4 is 0 Å². The van der Waals surface area contributed by atoms with Crippen LogP contribution in [0.15, 0.2) is 23.8 Å². The molecule has 0 radical (unpaired) electrons. The first-order chi connectivity index (χ1) is 29.3. The van der Waals surface area contributed by atoms with Crippen LogP contribution in [0.4, 0.5) is 0 Å². The lowest BCUT2D eigenvalue weighted by atomic mass is 9.46. The van der Waals surface area contributed by atoms with Crippen LogP contribution in [0.25, 0.3) is 0 Å². The predicted molar refractivity (Wildman–Crippen MR) is 211 cm³/mol. The topological polar surface area (TPSA) is 276 Å². The van der Waals surface area contributed by atoms with E-state index in [1.807, 2.05) is 0 Å². The van der Waals surface area contributed by atoms with Gasteiger partial charge in [0.1, 0.15) is 67.1 Å². The molecule has 1 spiro atoms. The fourth-order valence-corrected chi connectivity index (χ4v) is 13.8. The van der Waals surface area contributed by atoms with Gasteiger partial charge >= 0.3 is 0 Å². The summed E-state index contributed by atoms with van der Waals surface area (Å²) in [6.07, 6.45) is -17.4. The van der Waals surface area contributed by atoms with E-state index in [1.54, 1.807) is 0 Å². The van der Waals surface area contributed by atoms with E-state index in [9.17, 15) is 51.1 Å². The molecule has 8 fully saturated rings. The van der Waals surface area contributed by atoms with Crippen molar-refractivity contribution in [3.8, 4) is 0 Å². The van der Waals surface area contributed by atoms with E-state index in [2.05, 4.69) is 33.4 Å². The summed E-state index contributed by atoms with van der Waals surface area (Å²) in [5.74, 6) is -0.376. The third-order valence-corrected chi connectivity index (χ3v) is 17.1. The first kappa shape index (κ1) is 45.9. The Morgan fingerprint density at radius 1 is 0.790 bits per heavy atom. The maximum absolute atomic E-state index is 11.7. The largest absolute Gasteiger partial charge is 0.394 e.